The highest BCUT2D eigenvalue weighted by molar-refractivity contribution is 5.66. The van der Waals surface area contributed by atoms with Crippen LogP contribution in [0.5, 0.6) is 0 Å². The van der Waals surface area contributed by atoms with Crippen molar-refractivity contribution in [1.82, 2.24) is 0 Å². The number of unbranched alkanes of at least 4 members (excludes halogenated alkanes) is 1. The minimum atomic E-state index is -0.604. The summed E-state index contributed by atoms with van der Waals surface area (Å²) in [6, 6.07) is 0. The molecule has 0 radical (unpaired) electrons. The number of terminal acetylenes is 1. The molecule has 21 heavy (non-hydrogen) atoms. The first kappa shape index (κ1) is 17.2. The van der Waals surface area contributed by atoms with E-state index >= 15 is 0 Å². The van der Waals surface area contributed by atoms with Gasteiger partial charge in [0, 0.05) is 20.3 Å². The molecule has 116 valence electrons. The molecule has 0 saturated heterocycles. The van der Waals surface area contributed by atoms with E-state index in [-0.39, 0.29) is 6.61 Å². The van der Waals surface area contributed by atoms with Crippen LogP contribution in [-0.2, 0) is 28.5 Å². The molecule has 0 bridgehead atoms. The average Bonchev–Trinajstić information content (AvgIpc) is 2.42. The molecule has 0 fully saturated rings. The summed E-state index contributed by atoms with van der Waals surface area (Å²) in [6.45, 7) is 3.05. The smallest absolute Gasteiger partial charge is 0.303 e. The zero-order valence-corrected chi connectivity index (χ0v) is 12.2. The lowest BCUT2D eigenvalue weighted by atomic mass is 10.1. The van der Waals surface area contributed by atoms with E-state index in [0.29, 0.717) is 13.0 Å². The Morgan fingerprint density at radius 1 is 1.29 bits per heavy atom. The Hall–Kier alpha value is -1.84. The summed E-state index contributed by atoms with van der Waals surface area (Å²) in [5.41, 5.74) is 0. The van der Waals surface area contributed by atoms with Gasteiger partial charge in [0.2, 0.25) is 0 Å². The summed E-state index contributed by atoms with van der Waals surface area (Å²) in [5.74, 6) is 1.66. The van der Waals surface area contributed by atoms with Gasteiger partial charge in [0.1, 0.15) is 18.8 Å². The van der Waals surface area contributed by atoms with Crippen molar-refractivity contribution in [3.05, 3.63) is 12.2 Å². The highest BCUT2D eigenvalue weighted by atomic mass is 16.7. The molecule has 3 atom stereocenters. The Balaban J connectivity index is 2.54. The van der Waals surface area contributed by atoms with Crippen LogP contribution in [0.3, 0.4) is 0 Å². The average molecular weight is 296 g/mol. The van der Waals surface area contributed by atoms with Gasteiger partial charge in [0.25, 0.3) is 0 Å². The Morgan fingerprint density at radius 3 is 2.67 bits per heavy atom. The fourth-order valence-electron chi connectivity index (χ4n) is 1.73. The van der Waals surface area contributed by atoms with E-state index in [1.165, 1.54) is 13.8 Å². The molecule has 0 unspecified atom stereocenters. The molecule has 1 aliphatic rings. The second-order valence-electron chi connectivity index (χ2n) is 4.48. The van der Waals surface area contributed by atoms with Gasteiger partial charge in [0.05, 0.1) is 6.61 Å². The van der Waals surface area contributed by atoms with Gasteiger partial charge in [-0.2, -0.15) is 0 Å². The number of carbonyl (C=O) groups is 2. The first-order valence-electron chi connectivity index (χ1n) is 6.72. The molecule has 0 amide bonds. The molecule has 0 saturated carbocycles. The second kappa shape index (κ2) is 9.16. The van der Waals surface area contributed by atoms with Crippen molar-refractivity contribution in [2.45, 2.75) is 45.2 Å². The van der Waals surface area contributed by atoms with E-state index in [1.807, 2.05) is 0 Å². The fraction of sp³-hybridized carbons (Fsp3) is 0.600. The lowest BCUT2D eigenvalue weighted by Gasteiger charge is -2.31. The van der Waals surface area contributed by atoms with Crippen molar-refractivity contribution < 1.29 is 28.5 Å². The number of hydrogen-bond acceptors (Lipinski definition) is 6. The van der Waals surface area contributed by atoms with Crippen molar-refractivity contribution in [3.63, 3.8) is 0 Å². The van der Waals surface area contributed by atoms with E-state index in [2.05, 4.69) is 5.92 Å². The topological polar surface area (TPSA) is 71.1 Å². The first-order valence-corrected chi connectivity index (χ1v) is 6.72. The molecule has 1 rings (SSSR count). The van der Waals surface area contributed by atoms with Gasteiger partial charge in [-0.05, 0) is 18.6 Å². The number of ether oxygens (including phenoxy) is 4. The molecule has 0 N–H and O–H groups in total. The zero-order valence-electron chi connectivity index (χ0n) is 12.2. The molecular weight excluding hydrogens is 276 g/mol. The Labute approximate surface area is 124 Å². The van der Waals surface area contributed by atoms with Crippen molar-refractivity contribution in [2.24, 2.45) is 0 Å². The summed E-state index contributed by atoms with van der Waals surface area (Å²) < 4.78 is 21.1. The number of esters is 2. The monoisotopic (exact) mass is 296 g/mol. The van der Waals surface area contributed by atoms with Gasteiger partial charge in [-0.3, -0.25) is 9.59 Å². The third-order valence-electron chi connectivity index (χ3n) is 2.63. The van der Waals surface area contributed by atoms with Crippen molar-refractivity contribution in [2.75, 3.05) is 13.2 Å². The van der Waals surface area contributed by atoms with Crippen LogP contribution >= 0.6 is 0 Å². The predicted molar refractivity (Wildman–Crippen MR) is 74.0 cm³/mol. The molecule has 0 aromatic carbocycles. The maximum atomic E-state index is 11.1. The molecule has 6 heteroatoms. The van der Waals surface area contributed by atoms with Crippen LogP contribution in [0.15, 0.2) is 12.2 Å². The third kappa shape index (κ3) is 6.93. The highest BCUT2D eigenvalue weighted by Gasteiger charge is 2.30. The van der Waals surface area contributed by atoms with Crippen LogP contribution in [-0.4, -0.2) is 43.7 Å². The molecule has 1 heterocycles. The molecule has 0 aromatic rings. The quantitative estimate of drug-likeness (QED) is 0.304. The van der Waals surface area contributed by atoms with Gasteiger partial charge in [-0.1, -0.05) is 0 Å². The van der Waals surface area contributed by atoms with Gasteiger partial charge < -0.3 is 18.9 Å². The highest BCUT2D eigenvalue weighted by Crippen LogP contribution is 2.18. The minimum absolute atomic E-state index is 0.0121. The number of hydrogen-bond donors (Lipinski definition) is 0. The molecule has 0 spiro atoms. The summed E-state index contributed by atoms with van der Waals surface area (Å²) in [4.78, 5) is 21.9. The largest absolute Gasteiger partial charge is 0.463 e. The lowest BCUT2D eigenvalue weighted by molar-refractivity contribution is -0.197. The van der Waals surface area contributed by atoms with E-state index < -0.39 is 30.4 Å². The van der Waals surface area contributed by atoms with Crippen molar-refractivity contribution in [3.8, 4) is 12.3 Å². The van der Waals surface area contributed by atoms with Gasteiger partial charge >= 0.3 is 11.9 Å². The van der Waals surface area contributed by atoms with Gasteiger partial charge in [-0.25, -0.2) is 0 Å². The number of carbonyl (C=O) groups excluding carboxylic acids is 2. The maximum Gasteiger partial charge on any atom is 0.303 e. The predicted octanol–water partition coefficient (Wildman–Crippen LogP) is 1.19. The summed E-state index contributed by atoms with van der Waals surface area (Å²) >= 11 is 0. The standard InChI is InChI=1S/C15H20O6/c1-4-5-6-9-18-15-8-7-13(20-12(3)17)14(21-15)10-19-11(2)16/h1,7-8,13-15H,5-6,9-10H2,2-3H3/t13-,14+,15-/m0/s1. The molecular formula is C15H20O6. The van der Waals surface area contributed by atoms with Crippen molar-refractivity contribution in [1.29, 1.82) is 0 Å². The van der Waals surface area contributed by atoms with E-state index in [4.69, 9.17) is 25.4 Å². The van der Waals surface area contributed by atoms with E-state index in [9.17, 15) is 9.59 Å². The Kier molecular flexibility index (Phi) is 7.51. The SMILES string of the molecule is C#CCCCO[C@@H]1C=C[C@H](OC(C)=O)[C@@H](COC(C)=O)O1. The normalized spacial score (nSPS) is 24.1. The Morgan fingerprint density at radius 2 is 2.05 bits per heavy atom. The number of rotatable bonds is 7. The van der Waals surface area contributed by atoms with Crippen LogP contribution in [0.4, 0.5) is 0 Å². The first-order chi connectivity index (χ1) is 10.0. The second-order valence-corrected chi connectivity index (χ2v) is 4.48. The maximum absolute atomic E-state index is 11.1. The molecule has 1 aliphatic heterocycles. The van der Waals surface area contributed by atoms with Crippen LogP contribution in [0.2, 0.25) is 0 Å². The summed E-state index contributed by atoms with van der Waals surface area (Å²) in [6.07, 6.45) is 8.07. The summed E-state index contributed by atoms with van der Waals surface area (Å²) in [7, 11) is 0. The summed E-state index contributed by atoms with van der Waals surface area (Å²) in [5, 5.41) is 0. The van der Waals surface area contributed by atoms with Gasteiger partial charge in [0.15, 0.2) is 6.29 Å². The fourth-order valence-corrected chi connectivity index (χ4v) is 1.73. The third-order valence-corrected chi connectivity index (χ3v) is 2.63. The van der Waals surface area contributed by atoms with Crippen LogP contribution in [0.25, 0.3) is 0 Å². The van der Waals surface area contributed by atoms with Crippen LogP contribution in [0, 0.1) is 12.3 Å². The Bertz CT molecular complexity index is 422. The van der Waals surface area contributed by atoms with E-state index in [1.54, 1.807) is 12.2 Å². The molecule has 0 aromatic heterocycles. The van der Waals surface area contributed by atoms with E-state index in [0.717, 1.165) is 6.42 Å². The van der Waals surface area contributed by atoms with Crippen LogP contribution < -0.4 is 0 Å². The van der Waals surface area contributed by atoms with Gasteiger partial charge in [-0.15, -0.1) is 12.3 Å². The van der Waals surface area contributed by atoms with Crippen LogP contribution in [0.1, 0.15) is 26.7 Å². The lowest BCUT2D eigenvalue weighted by Crippen LogP contribution is -2.42. The molecule has 0 aliphatic carbocycles. The van der Waals surface area contributed by atoms with Crippen molar-refractivity contribution >= 4 is 11.9 Å². The minimum Gasteiger partial charge on any atom is -0.463 e. The zero-order chi connectivity index (χ0) is 15.7. The molecule has 6 nitrogen and oxygen atoms in total.